The zero-order chi connectivity index (χ0) is 26.3. The molecule has 0 spiro atoms. The third kappa shape index (κ3) is 14.9. The van der Waals surface area contributed by atoms with Crippen LogP contribution in [0, 0.1) is 38.8 Å². The van der Waals surface area contributed by atoms with E-state index in [1.165, 1.54) is 22.0 Å². The first-order chi connectivity index (χ1) is 17.8. The molecular weight excluding hydrogens is 523 g/mol. The molecule has 3 aromatic rings. The summed E-state index contributed by atoms with van der Waals surface area (Å²) in [6.45, 7) is 4.50. The third-order valence-electron chi connectivity index (χ3n) is 4.64. The van der Waals surface area contributed by atoms with Crippen LogP contribution < -0.4 is 15.9 Å². The average molecular weight is 554 g/mol. The van der Waals surface area contributed by atoms with Crippen molar-refractivity contribution < 1.29 is 36.0 Å². The van der Waals surface area contributed by atoms with Crippen LogP contribution in [-0.2, 0) is 36.0 Å². The van der Waals surface area contributed by atoms with Gasteiger partial charge in [0, 0.05) is 14.2 Å². The van der Waals surface area contributed by atoms with Crippen molar-refractivity contribution in [1.82, 2.24) is 0 Å². The molecule has 1 aliphatic carbocycles. The summed E-state index contributed by atoms with van der Waals surface area (Å²) in [7, 11) is 2.65. The molecule has 0 unspecified atom stereocenters. The fourth-order valence-electron chi connectivity index (χ4n) is 3.02. The van der Waals surface area contributed by atoms with Crippen LogP contribution in [0.15, 0.2) is 103 Å². The van der Waals surface area contributed by atoms with Crippen molar-refractivity contribution in [2.75, 3.05) is 14.2 Å². The minimum atomic E-state index is -0.446. The van der Waals surface area contributed by atoms with Gasteiger partial charge in [0.2, 0.25) is 0 Å². The maximum absolute atomic E-state index is 9.67. The van der Waals surface area contributed by atoms with Gasteiger partial charge in [-0.15, -0.1) is 0 Å². The topological polar surface area (TPSA) is 55.4 Å². The quantitative estimate of drug-likeness (QED) is 0.0975. The second-order valence-corrected chi connectivity index (χ2v) is 9.18. The van der Waals surface area contributed by atoms with E-state index in [2.05, 4.69) is 97.6 Å². The standard InChI is InChI=1S/C18H15P.C7H11O3.C5H5.CO.Fe/c1-4-10-16(11-5-1)19(17-12-6-2-7-13-17)18-14-8-3-9-15-18;1-9-7(10-2)5-3-4-6-8;1-2-4-5-3-1;1-2;/h1-15H;3-4,7H,5H2,1-2H3;1-5H;;/q;-1;;;+2/b;4-3+;;;. The van der Waals surface area contributed by atoms with E-state index in [0.717, 1.165) is 0 Å². The molecule has 5 radical (unpaired) electrons. The first kappa shape index (κ1) is 34.7. The molecule has 0 amide bonds. The number of ether oxygens (including phenoxy) is 2. The Labute approximate surface area is 234 Å². The average Bonchev–Trinajstić information content (AvgIpc) is 3.55. The molecule has 1 fully saturated rings. The van der Waals surface area contributed by atoms with Crippen molar-refractivity contribution in [2.24, 2.45) is 0 Å². The van der Waals surface area contributed by atoms with Crippen molar-refractivity contribution in [3.05, 3.63) is 142 Å². The van der Waals surface area contributed by atoms with Crippen molar-refractivity contribution in [3.8, 4) is 0 Å². The fourth-order valence-corrected chi connectivity index (χ4v) is 5.32. The second-order valence-electron chi connectivity index (χ2n) is 6.96. The van der Waals surface area contributed by atoms with Crippen LogP contribution in [0.5, 0.6) is 0 Å². The zero-order valence-electron chi connectivity index (χ0n) is 20.9. The van der Waals surface area contributed by atoms with Gasteiger partial charge in [-0.2, -0.15) is 6.08 Å². The molecule has 4 rings (SSSR count). The number of methoxy groups -OCH3 is 2. The summed E-state index contributed by atoms with van der Waals surface area (Å²) in [5.74, 6) is 0. The van der Waals surface area contributed by atoms with Gasteiger partial charge in [0.1, 0.15) is 6.29 Å². The summed E-state index contributed by atoms with van der Waals surface area (Å²) in [5, 5.41) is 4.19. The molecule has 191 valence electrons. The van der Waals surface area contributed by atoms with Gasteiger partial charge in [-0.25, -0.2) is 6.08 Å². The number of carbonyl (C=O) groups excluding carboxylic acids is 1. The van der Waals surface area contributed by atoms with Crippen LogP contribution >= 0.6 is 7.92 Å². The Hall–Kier alpha value is -2.32. The molecule has 0 atom stereocenters. The van der Waals surface area contributed by atoms with E-state index in [1.54, 1.807) is 26.6 Å². The van der Waals surface area contributed by atoms with Crippen LogP contribution in [0.25, 0.3) is 0 Å². The Morgan fingerprint density at radius 3 is 1.32 bits per heavy atom. The van der Waals surface area contributed by atoms with E-state index in [0.29, 0.717) is 6.42 Å². The van der Waals surface area contributed by atoms with E-state index in [9.17, 15) is 4.79 Å². The summed E-state index contributed by atoms with van der Waals surface area (Å²) in [6, 6.07) is 32.3. The van der Waals surface area contributed by atoms with Crippen LogP contribution in [0.3, 0.4) is 0 Å². The molecule has 0 heterocycles. The molecule has 0 N–H and O–H groups in total. The molecule has 0 aliphatic heterocycles. The summed E-state index contributed by atoms with van der Waals surface area (Å²) in [5.41, 5.74) is 0. The van der Waals surface area contributed by atoms with E-state index in [1.807, 2.05) is 32.1 Å². The molecule has 1 aliphatic rings. The maximum Gasteiger partial charge on any atom is 2.00 e. The molecule has 6 heteroatoms. The summed E-state index contributed by atoms with van der Waals surface area (Å²) in [4.78, 5) is 9.67. The number of hydrogen-bond acceptors (Lipinski definition) is 3. The van der Waals surface area contributed by atoms with Gasteiger partial charge in [0.25, 0.3) is 0 Å². The fraction of sp³-hybridized carbons (Fsp3) is 0.129. The Balaban J connectivity index is 0.000000607. The van der Waals surface area contributed by atoms with Gasteiger partial charge in [-0.3, -0.25) is 0 Å². The Bertz CT molecular complexity index is 856. The predicted octanol–water partition coefficient (Wildman–Crippen LogP) is 5.09. The number of benzene rings is 3. The monoisotopic (exact) mass is 554 g/mol. The zero-order valence-corrected chi connectivity index (χ0v) is 22.9. The van der Waals surface area contributed by atoms with Crippen LogP contribution in [0.4, 0.5) is 0 Å². The van der Waals surface area contributed by atoms with Gasteiger partial charge in [-0.1, -0.05) is 91.0 Å². The van der Waals surface area contributed by atoms with Crippen molar-refractivity contribution in [2.45, 2.75) is 12.7 Å². The van der Waals surface area contributed by atoms with Gasteiger partial charge in [-0.05, 0) is 68.6 Å². The number of hydrogen-bond donors (Lipinski definition) is 0. The molecule has 3 aromatic carbocycles. The smallest absolute Gasteiger partial charge is 0.0622 e. The predicted molar refractivity (Wildman–Crippen MR) is 148 cm³/mol. The third-order valence-corrected chi connectivity index (χ3v) is 7.08. The van der Waals surface area contributed by atoms with Crippen LogP contribution in [0.2, 0.25) is 0 Å². The van der Waals surface area contributed by atoms with E-state index < -0.39 is 7.92 Å². The van der Waals surface area contributed by atoms with Crippen LogP contribution in [-0.4, -0.2) is 26.8 Å². The van der Waals surface area contributed by atoms with Crippen LogP contribution in [0.1, 0.15) is 6.42 Å². The van der Waals surface area contributed by atoms with Gasteiger partial charge in [0.05, 0.1) is 0 Å². The van der Waals surface area contributed by atoms with Crippen molar-refractivity contribution in [3.63, 3.8) is 0 Å². The number of rotatable bonds is 8. The second kappa shape index (κ2) is 24.0. The molecule has 0 aromatic heterocycles. The van der Waals surface area contributed by atoms with Gasteiger partial charge in [0.15, 0.2) is 0 Å². The molecule has 37 heavy (non-hydrogen) atoms. The normalized spacial score (nSPS) is 11.7. The summed E-state index contributed by atoms with van der Waals surface area (Å²) >= 11 is 0. The minimum absolute atomic E-state index is 0. The van der Waals surface area contributed by atoms with Gasteiger partial charge < -0.3 is 14.3 Å². The molecule has 4 nitrogen and oxygen atoms in total. The Morgan fingerprint density at radius 1 is 0.730 bits per heavy atom. The van der Waals surface area contributed by atoms with Crippen molar-refractivity contribution in [1.29, 1.82) is 0 Å². The largest absolute Gasteiger partial charge is 2.00 e. The SMILES string of the molecule is COC(C/C=C/[C-]=O)OC.[C-]#[O+].[CH]1[CH][CH][CH][CH]1.[Fe+2].c1ccc(P(c2ccccc2)c2ccccc2)cc1. The first-order valence-electron chi connectivity index (χ1n) is 11.2. The molecule has 0 saturated heterocycles. The number of allylic oxidation sites excluding steroid dienone is 1. The summed E-state index contributed by atoms with van der Waals surface area (Å²) < 4.78 is 17.2. The van der Waals surface area contributed by atoms with Gasteiger partial charge >= 0.3 is 28.4 Å². The van der Waals surface area contributed by atoms with E-state index in [4.69, 9.17) is 14.1 Å². The minimum Gasteiger partial charge on any atom is -0.0622 e. The maximum atomic E-state index is 9.67. The van der Waals surface area contributed by atoms with Crippen molar-refractivity contribution >= 4 is 30.1 Å². The Morgan fingerprint density at radius 2 is 1.05 bits per heavy atom. The Kier molecular flexibility index (Phi) is 22.5. The molecule has 1 saturated carbocycles. The summed E-state index contributed by atoms with van der Waals surface area (Å²) in [6.07, 6.45) is 14.9. The first-order valence-corrected chi connectivity index (χ1v) is 12.5. The van der Waals surface area contributed by atoms with E-state index in [-0.39, 0.29) is 23.4 Å². The van der Waals surface area contributed by atoms with E-state index >= 15 is 0 Å². The molecule has 0 bridgehead atoms. The molecular formula is C31H31FeO4P+.